The first-order chi connectivity index (χ1) is 17.4. The molecule has 2 N–H and O–H groups in total. The van der Waals surface area contributed by atoms with Crippen LogP contribution in [0.2, 0.25) is 0 Å². The fourth-order valence-electron chi connectivity index (χ4n) is 4.13. The number of rotatable bonds is 8. The van der Waals surface area contributed by atoms with E-state index in [2.05, 4.69) is 20.7 Å². The van der Waals surface area contributed by atoms with Gasteiger partial charge in [0.15, 0.2) is 0 Å². The molecular formula is C27H33N7O2. The first-order valence-electron chi connectivity index (χ1n) is 12.2. The van der Waals surface area contributed by atoms with E-state index in [1.54, 1.807) is 17.8 Å². The minimum absolute atomic E-state index is 0.129. The number of aryl methyl sites for hydroxylation is 2. The molecule has 0 saturated carbocycles. The van der Waals surface area contributed by atoms with Crippen LogP contribution in [-0.4, -0.2) is 62.2 Å². The Kier molecular flexibility index (Phi) is 8.12. The van der Waals surface area contributed by atoms with Crippen LogP contribution in [0.3, 0.4) is 0 Å². The summed E-state index contributed by atoms with van der Waals surface area (Å²) in [5.74, 6) is 0.306. The summed E-state index contributed by atoms with van der Waals surface area (Å²) in [6.45, 7) is 6.83. The highest BCUT2D eigenvalue weighted by molar-refractivity contribution is 6.04. The predicted molar refractivity (Wildman–Crippen MR) is 141 cm³/mol. The number of nitrogens with one attached hydrogen (secondary N) is 2. The van der Waals surface area contributed by atoms with Crippen LogP contribution in [0.15, 0.2) is 66.6 Å². The van der Waals surface area contributed by atoms with Crippen molar-refractivity contribution in [1.29, 1.82) is 0 Å². The number of anilines is 1. The van der Waals surface area contributed by atoms with Gasteiger partial charge in [-0.25, -0.2) is 4.98 Å². The molecule has 9 nitrogen and oxygen atoms in total. The van der Waals surface area contributed by atoms with E-state index < -0.39 is 0 Å². The van der Waals surface area contributed by atoms with Crippen LogP contribution in [0, 0.1) is 0 Å². The zero-order valence-electron chi connectivity index (χ0n) is 21.1. The number of para-hydroxylation sites is 1. The van der Waals surface area contributed by atoms with Crippen LogP contribution in [-0.2, 0) is 23.1 Å². The van der Waals surface area contributed by atoms with E-state index in [0.717, 1.165) is 48.7 Å². The van der Waals surface area contributed by atoms with Gasteiger partial charge in [-0.05, 0) is 37.6 Å². The summed E-state index contributed by atoms with van der Waals surface area (Å²) in [6.07, 6.45) is 10.3. The minimum Gasteiger partial charge on any atom is -0.340 e. The van der Waals surface area contributed by atoms with Crippen molar-refractivity contribution in [2.45, 2.75) is 26.7 Å². The Morgan fingerprint density at radius 2 is 1.89 bits per heavy atom. The second kappa shape index (κ2) is 11.6. The molecular weight excluding hydrogens is 454 g/mol. The molecule has 3 aromatic rings. The van der Waals surface area contributed by atoms with E-state index >= 15 is 0 Å². The quantitative estimate of drug-likeness (QED) is 0.376. The highest BCUT2D eigenvalue weighted by atomic mass is 16.2. The molecule has 4 rings (SSSR count). The van der Waals surface area contributed by atoms with E-state index in [-0.39, 0.29) is 11.8 Å². The first-order valence-corrected chi connectivity index (χ1v) is 12.2. The normalized spacial score (nSPS) is 14.7. The molecule has 36 heavy (non-hydrogen) atoms. The van der Waals surface area contributed by atoms with Gasteiger partial charge in [-0.1, -0.05) is 24.3 Å². The summed E-state index contributed by atoms with van der Waals surface area (Å²) >= 11 is 0. The predicted octanol–water partition coefficient (Wildman–Crippen LogP) is 2.96. The lowest BCUT2D eigenvalue weighted by molar-refractivity contribution is -0.131. The van der Waals surface area contributed by atoms with E-state index in [1.807, 2.05) is 78.3 Å². The Balaban J connectivity index is 1.51. The Morgan fingerprint density at radius 1 is 1.14 bits per heavy atom. The molecule has 1 fully saturated rings. The number of hydrogen-bond acceptors (Lipinski definition) is 5. The van der Waals surface area contributed by atoms with Gasteiger partial charge in [0.05, 0.1) is 11.9 Å². The maximum atomic E-state index is 13.1. The SMILES string of the molecule is C/C=C(\C=C(/C)C(=O)Nc1nc(CCC(=O)N2CCNCC2)cn1-c1ccccc1)c1cnn(C)c1. The van der Waals surface area contributed by atoms with Crippen molar-refractivity contribution in [3.8, 4) is 5.69 Å². The van der Waals surface area contributed by atoms with Crippen molar-refractivity contribution >= 4 is 23.3 Å². The van der Waals surface area contributed by atoms with Gasteiger partial charge < -0.3 is 10.2 Å². The Labute approximate surface area is 211 Å². The third kappa shape index (κ3) is 6.17. The number of piperazine rings is 1. The minimum atomic E-state index is -0.246. The van der Waals surface area contributed by atoms with Crippen molar-refractivity contribution < 1.29 is 9.59 Å². The van der Waals surface area contributed by atoms with Gasteiger partial charge in [0, 0.05) is 75.3 Å². The lowest BCUT2D eigenvalue weighted by Gasteiger charge is -2.27. The zero-order valence-corrected chi connectivity index (χ0v) is 21.1. The van der Waals surface area contributed by atoms with Crippen LogP contribution in [0.25, 0.3) is 11.3 Å². The second-order valence-corrected chi connectivity index (χ2v) is 8.82. The van der Waals surface area contributed by atoms with E-state index in [9.17, 15) is 9.59 Å². The smallest absolute Gasteiger partial charge is 0.253 e. The van der Waals surface area contributed by atoms with Crippen LogP contribution in [0.5, 0.6) is 0 Å². The average molecular weight is 488 g/mol. The molecule has 0 bridgehead atoms. The molecule has 1 aliphatic heterocycles. The molecule has 0 aliphatic carbocycles. The third-order valence-corrected chi connectivity index (χ3v) is 6.16. The number of carbonyl (C=O) groups excluding carboxylic acids is 2. The van der Waals surface area contributed by atoms with Crippen molar-refractivity contribution in [3.05, 3.63) is 77.9 Å². The maximum Gasteiger partial charge on any atom is 0.253 e. The third-order valence-electron chi connectivity index (χ3n) is 6.16. The fourth-order valence-corrected chi connectivity index (χ4v) is 4.13. The van der Waals surface area contributed by atoms with E-state index in [4.69, 9.17) is 0 Å². The molecule has 0 radical (unpaired) electrons. The molecule has 1 aromatic carbocycles. The standard InChI is InChI=1S/C27H33N7O2/c1-4-21(22-17-29-32(3)18-22)16-20(2)26(36)31-27-30-23(19-34(27)24-8-6-5-7-9-24)10-11-25(35)33-14-12-28-13-15-33/h4-9,16-19,28H,10-15H2,1-3H3,(H,30,31,36)/b20-16+,21-4+. The van der Waals surface area contributed by atoms with Gasteiger partial charge in [0.25, 0.3) is 5.91 Å². The van der Waals surface area contributed by atoms with Crippen molar-refractivity contribution in [2.75, 3.05) is 31.5 Å². The molecule has 188 valence electrons. The molecule has 9 heteroatoms. The number of allylic oxidation sites excluding steroid dienone is 3. The highest BCUT2D eigenvalue weighted by Gasteiger charge is 2.18. The number of benzene rings is 1. The summed E-state index contributed by atoms with van der Waals surface area (Å²) in [4.78, 5) is 32.3. The molecule has 0 spiro atoms. The lowest BCUT2D eigenvalue weighted by Crippen LogP contribution is -2.46. The van der Waals surface area contributed by atoms with Gasteiger partial charge in [0.1, 0.15) is 0 Å². The van der Waals surface area contributed by atoms with E-state index in [1.165, 1.54) is 0 Å². The monoisotopic (exact) mass is 487 g/mol. The average Bonchev–Trinajstić information content (AvgIpc) is 3.52. The van der Waals surface area contributed by atoms with Gasteiger partial charge in [-0.15, -0.1) is 0 Å². The topological polar surface area (TPSA) is 97.1 Å². The second-order valence-electron chi connectivity index (χ2n) is 8.82. The zero-order chi connectivity index (χ0) is 25.5. The van der Waals surface area contributed by atoms with Crippen LogP contribution in [0.1, 0.15) is 31.5 Å². The van der Waals surface area contributed by atoms with E-state index in [0.29, 0.717) is 24.4 Å². The van der Waals surface area contributed by atoms with Crippen molar-refractivity contribution in [3.63, 3.8) is 0 Å². The number of nitrogens with zero attached hydrogens (tertiary/aromatic N) is 5. The number of aromatic nitrogens is 4. The van der Waals surface area contributed by atoms with Gasteiger partial charge >= 0.3 is 0 Å². The number of hydrogen-bond donors (Lipinski definition) is 2. The fraction of sp³-hybridized carbons (Fsp3) is 0.333. The summed E-state index contributed by atoms with van der Waals surface area (Å²) < 4.78 is 3.58. The molecule has 2 aromatic heterocycles. The van der Waals surface area contributed by atoms with Gasteiger partial charge in [-0.2, -0.15) is 5.10 Å². The molecule has 0 unspecified atom stereocenters. The molecule has 2 amide bonds. The Hall–Kier alpha value is -3.98. The maximum absolute atomic E-state index is 13.1. The molecule has 1 aliphatic rings. The van der Waals surface area contributed by atoms with Crippen LogP contribution >= 0.6 is 0 Å². The Bertz CT molecular complexity index is 1260. The number of amides is 2. The largest absolute Gasteiger partial charge is 0.340 e. The lowest BCUT2D eigenvalue weighted by atomic mass is 10.1. The van der Waals surface area contributed by atoms with Crippen molar-refractivity contribution in [1.82, 2.24) is 29.5 Å². The Morgan fingerprint density at radius 3 is 2.56 bits per heavy atom. The first kappa shape index (κ1) is 25.1. The summed E-state index contributed by atoms with van der Waals surface area (Å²) in [6, 6.07) is 9.72. The molecule has 3 heterocycles. The van der Waals surface area contributed by atoms with Gasteiger partial charge in [0.2, 0.25) is 11.9 Å². The van der Waals surface area contributed by atoms with Crippen LogP contribution in [0.4, 0.5) is 5.95 Å². The highest BCUT2D eigenvalue weighted by Crippen LogP contribution is 2.21. The number of carbonyl (C=O) groups is 2. The van der Waals surface area contributed by atoms with Gasteiger partial charge in [-0.3, -0.25) is 24.2 Å². The number of imidazole rings is 1. The van der Waals surface area contributed by atoms with Crippen LogP contribution < -0.4 is 10.6 Å². The van der Waals surface area contributed by atoms with Crippen molar-refractivity contribution in [2.24, 2.45) is 7.05 Å². The molecule has 1 saturated heterocycles. The molecule has 0 atom stereocenters. The summed E-state index contributed by atoms with van der Waals surface area (Å²) in [7, 11) is 1.86. The summed E-state index contributed by atoms with van der Waals surface area (Å²) in [5, 5.41) is 10.4. The summed E-state index contributed by atoms with van der Waals surface area (Å²) in [5.41, 5.74) is 4.03.